The van der Waals surface area contributed by atoms with Gasteiger partial charge < -0.3 is 15.6 Å². The van der Waals surface area contributed by atoms with Crippen LogP contribution in [0.3, 0.4) is 0 Å². The summed E-state index contributed by atoms with van der Waals surface area (Å²) in [7, 11) is 0. The highest BCUT2D eigenvalue weighted by atomic mass is 35.5. The summed E-state index contributed by atoms with van der Waals surface area (Å²) in [5.74, 6) is 0.739. The fourth-order valence-electron chi connectivity index (χ4n) is 1.47. The topological polar surface area (TPSA) is 55.5 Å². The number of aromatic hydroxyl groups is 1. The van der Waals surface area contributed by atoms with E-state index in [0.29, 0.717) is 17.4 Å². The van der Waals surface area contributed by atoms with Crippen molar-refractivity contribution in [3.63, 3.8) is 0 Å². The van der Waals surface area contributed by atoms with Gasteiger partial charge in [-0.25, -0.2) is 0 Å². The van der Waals surface area contributed by atoms with E-state index >= 15 is 0 Å². The van der Waals surface area contributed by atoms with Crippen LogP contribution in [0.25, 0.3) is 0 Å². The molecule has 0 amide bonds. The third-order valence-electron chi connectivity index (χ3n) is 2.13. The average molecular weight is 200 g/mol. The second kappa shape index (κ2) is 3.09. The van der Waals surface area contributed by atoms with E-state index in [0.717, 1.165) is 12.0 Å². The van der Waals surface area contributed by atoms with E-state index in [1.165, 1.54) is 6.07 Å². The number of rotatable bonds is 0. The third-order valence-corrected chi connectivity index (χ3v) is 2.41. The summed E-state index contributed by atoms with van der Waals surface area (Å²) in [6.45, 7) is 0.582. The zero-order valence-electron chi connectivity index (χ0n) is 6.96. The molecule has 70 valence electrons. The van der Waals surface area contributed by atoms with Crippen LogP contribution in [-0.4, -0.2) is 11.7 Å². The van der Waals surface area contributed by atoms with Crippen LogP contribution in [-0.2, 0) is 0 Å². The lowest BCUT2D eigenvalue weighted by Gasteiger charge is -2.23. The molecule has 0 aromatic heterocycles. The van der Waals surface area contributed by atoms with Gasteiger partial charge in [0.25, 0.3) is 0 Å². The van der Waals surface area contributed by atoms with Crippen molar-refractivity contribution in [3.05, 3.63) is 22.7 Å². The molecule has 0 radical (unpaired) electrons. The van der Waals surface area contributed by atoms with Gasteiger partial charge in [0.2, 0.25) is 0 Å². The lowest BCUT2D eigenvalue weighted by Crippen LogP contribution is -2.20. The van der Waals surface area contributed by atoms with Gasteiger partial charge in [-0.05, 0) is 6.07 Å². The molecule has 2 rings (SSSR count). The van der Waals surface area contributed by atoms with Crippen LogP contribution in [0.2, 0.25) is 5.02 Å². The number of nitrogens with two attached hydrogens (primary N) is 1. The van der Waals surface area contributed by atoms with Gasteiger partial charge in [0.05, 0.1) is 11.6 Å². The fourth-order valence-corrected chi connectivity index (χ4v) is 1.75. The minimum absolute atomic E-state index is 0.0895. The highest BCUT2D eigenvalue weighted by Crippen LogP contribution is 2.39. The minimum Gasteiger partial charge on any atom is -0.508 e. The van der Waals surface area contributed by atoms with Gasteiger partial charge in [-0.1, -0.05) is 11.6 Å². The number of hydrogen-bond donors (Lipinski definition) is 2. The molecule has 1 heterocycles. The Morgan fingerprint density at radius 1 is 1.54 bits per heavy atom. The first-order valence-corrected chi connectivity index (χ1v) is 4.47. The van der Waals surface area contributed by atoms with E-state index in [-0.39, 0.29) is 11.8 Å². The number of phenolic OH excluding ortho intramolecular Hbond substituents is 1. The van der Waals surface area contributed by atoms with Gasteiger partial charge >= 0.3 is 0 Å². The first kappa shape index (κ1) is 8.66. The Kier molecular flexibility index (Phi) is 2.06. The van der Waals surface area contributed by atoms with Crippen molar-refractivity contribution in [1.82, 2.24) is 0 Å². The Hall–Kier alpha value is -0.930. The third kappa shape index (κ3) is 1.45. The van der Waals surface area contributed by atoms with Crippen molar-refractivity contribution >= 4 is 11.6 Å². The summed E-state index contributed by atoms with van der Waals surface area (Å²) in [6.07, 6.45) is 0.757. The van der Waals surface area contributed by atoms with Gasteiger partial charge in [0.1, 0.15) is 11.5 Å². The largest absolute Gasteiger partial charge is 0.508 e. The van der Waals surface area contributed by atoms with Crippen LogP contribution in [0.15, 0.2) is 12.1 Å². The van der Waals surface area contributed by atoms with Crippen molar-refractivity contribution in [1.29, 1.82) is 0 Å². The number of ether oxygens (including phenoxy) is 1. The maximum atomic E-state index is 9.29. The molecule has 1 aliphatic rings. The summed E-state index contributed by atoms with van der Waals surface area (Å²) < 4.78 is 5.36. The van der Waals surface area contributed by atoms with Crippen LogP contribution in [0, 0.1) is 0 Å². The maximum Gasteiger partial charge on any atom is 0.142 e. The maximum absolute atomic E-state index is 9.29. The summed E-state index contributed by atoms with van der Waals surface area (Å²) >= 11 is 5.87. The van der Waals surface area contributed by atoms with Crippen LogP contribution < -0.4 is 10.5 Å². The highest BCUT2D eigenvalue weighted by Gasteiger charge is 2.21. The van der Waals surface area contributed by atoms with E-state index in [2.05, 4.69) is 0 Å². The van der Waals surface area contributed by atoms with Crippen molar-refractivity contribution < 1.29 is 9.84 Å². The van der Waals surface area contributed by atoms with Gasteiger partial charge in [0, 0.05) is 24.1 Å². The smallest absolute Gasteiger partial charge is 0.142 e. The number of fused-ring (bicyclic) bond motifs is 1. The Morgan fingerprint density at radius 3 is 3.08 bits per heavy atom. The molecule has 0 bridgehead atoms. The second-order valence-electron chi connectivity index (χ2n) is 3.09. The molecule has 1 atom stereocenters. The molecule has 3 nitrogen and oxygen atoms in total. The highest BCUT2D eigenvalue weighted by molar-refractivity contribution is 6.32. The van der Waals surface area contributed by atoms with Crippen LogP contribution >= 0.6 is 11.6 Å². The molecule has 3 N–H and O–H groups in total. The van der Waals surface area contributed by atoms with E-state index in [1.54, 1.807) is 6.07 Å². The molecular weight excluding hydrogens is 190 g/mol. The lowest BCUT2D eigenvalue weighted by atomic mass is 10.0. The molecule has 1 aromatic rings. The van der Waals surface area contributed by atoms with Crippen molar-refractivity contribution in [3.8, 4) is 11.5 Å². The number of benzene rings is 1. The Bertz CT molecular complexity index is 341. The normalized spacial score (nSPS) is 20.6. The number of phenols is 1. The summed E-state index contributed by atoms with van der Waals surface area (Å²) in [5, 5.41) is 9.71. The lowest BCUT2D eigenvalue weighted by molar-refractivity contribution is 0.268. The fraction of sp³-hybridized carbons (Fsp3) is 0.333. The quantitative estimate of drug-likeness (QED) is 0.670. The molecular formula is C9H10ClNO2. The Balaban J connectivity index is 2.56. The van der Waals surface area contributed by atoms with Crippen molar-refractivity contribution in [2.24, 2.45) is 5.73 Å². The molecule has 0 unspecified atom stereocenters. The van der Waals surface area contributed by atoms with Crippen molar-refractivity contribution in [2.45, 2.75) is 12.5 Å². The Labute approximate surface area is 81.1 Å². The van der Waals surface area contributed by atoms with Gasteiger partial charge in [-0.2, -0.15) is 0 Å². The SMILES string of the molecule is N[C@@H]1CCOc2c(Cl)cc(O)cc21. The summed E-state index contributed by atoms with van der Waals surface area (Å²) in [5.41, 5.74) is 6.62. The zero-order chi connectivity index (χ0) is 9.42. The van der Waals surface area contributed by atoms with Gasteiger partial charge in [-0.15, -0.1) is 0 Å². The van der Waals surface area contributed by atoms with E-state index in [4.69, 9.17) is 22.1 Å². The summed E-state index contributed by atoms with van der Waals surface area (Å²) in [4.78, 5) is 0. The van der Waals surface area contributed by atoms with Crippen LogP contribution in [0.4, 0.5) is 0 Å². The number of halogens is 1. The Morgan fingerprint density at radius 2 is 2.31 bits per heavy atom. The predicted octanol–water partition coefficient (Wildman–Crippen LogP) is 1.83. The first-order valence-electron chi connectivity index (χ1n) is 4.09. The first-order chi connectivity index (χ1) is 6.18. The van der Waals surface area contributed by atoms with Crippen molar-refractivity contribution in [2.75, 3.05) is 6.61 Å². The molecule has 0 fully saturated rings. The predicted molar refractivity (Wildman–Crippen MR) is 50.2 cm³/mol. The molecule has 0 saturated carbocycles. The second-order valence-corrected chi connectivity index (χ2v) is 3.50. The standard InChI is InChI=1S/C9H10ClNO2/c10-7-4-5(12)3-6-8(11)1-2-13-9(6)7/h3-4,8,12H,1-2,11H2/t8-/m1/s1. The van der Waals surface area contributed by atoms with Gasteiger partial charge in [-0.3, -0.25) is 0 Å². The molecule has 0 saturated heterocycles. The van der Waals surface area contributed by atoms with E-state index in [1.807, 2.05) is 0 Å². The molecule has 0 aliphatic carbocycles. The molecule has 4 heteroatoms. The van der Waals surface area contributed by atoms with Crippen LogP contribution in [0.5, 0.6) is 11.5 Å². The molecule has 0 spiro atoms. The zero-order valence-corrected chi connectivity index (χ0v) is 7.71. The van der Waals surface area contributed by atoms with E-state index in [9.17, 15) is 5.11 Å². The van der Waals surface area contributed by atoms with Gasteiger partial charge in [0.15, 0.2) is 0 Å². The number of hydrogen-bond acceptors (Lipinski definition) is 3. The minimum atomic E-state index is -0.0895. The van der Waals surface area contributed by atoms with Crippen LogP contribution in [0.1, 0.15) is 18.0 Å². The molecule has 13 heavy (non-hydrogen) atoms. The summed E-state index contributed by atoms with van der Waals surface area (Å²) in [6, 6.07) is 2.97. The average Bonchev–Trinajstić information content (AvgIpc) is 2.07. The molecule has 1 aromatic carbocycles. The molecule has 1 aliphatic heterocycles. The monoisotopic (exact) mass is 199 g/mol. The van der Waals surface area contributed by atoms with E-state index < -0.39 is 0 Å².